The highest BCUT2D eigenvalue weighted by Gasteiger charge is 2.27. The molecule has 3 aromatic rings. The number of ether oxygens (including phenoxy) is 2. The van der Waals surface area contributed by atoms with Crippen LogP contribution in [-0.4, -0.2) is 52.6 Å². The van der Waals surface area contributed by atoms with Crippen LogP contribution in [0.2, 0.25) is 10.0 Å². The van der Waals surface area contributed by atoms with Gasteiger partial charge < -0.3 is 20.1 Å². The number of hydrogen-bond donors (Lipinski definition) is 2. The van der Waals surface area contributed by atoms with Crippen molar-refractivity contribution >= 4 is 35.0 Å². The van der Waals surface area contributed by atoms with Crippen molar-refractivity contribution in [2.75, 3.05) is 19.8 Å². The predicted octanol–water partition coefficient (Wildman–Crippen LogP) is 3.98. The van der Waals surface area contributed by atoms with Crippen LogP contribution in [0.15, 0.2) is 36.4 Å². The molecule has 1 fully saturated rings. The number of carbonyl (C=O) groups excluding carboxylic acids is 2. The second kappa shape index (κ2) is 11.0. The molecule has 0 bridgehead atoms. The number of rotatable bonds is 10. The minimum atomic E-state index is -0.257. The van der Waals surface area contributed by atoms with E-state index in [2.05, 4.69) is 20.9 Å². The molecule has 0 spiro atoms. The van der Waals surface area contributed by atoms with Crippen molar-refractivity contribution in [3.8, 4) is 17.2 Å². The number of benzene rings is 2. The summed E-state index contributed by atoms with van der Waals surface area (Å²) in [6.07, 6.45) is 1.95. The number of hydrogen-bond acceptors (Lipinski definition) is 6. The summed E-state index contributed by atoms with van der Waals surface area (Å²) in [5.74, 6) is 0.467. The van der Waals surface area contributed by atoms with Crippen LogP contribution in [0.1, 0.15) is 46.3 Å². The molecule has 11 heteroatoms. The highest BCUT2D eigenvalue weighted by Crippen LogP contribution is 2.28. The standard InChI is InChI=1S/C24H25Cl2N5O4/c1-3-27-23(32)15-4-9-20(31-14(2)22(29-30-31)24(33)28-16-5-6-16)21(12-15)35-11-10-34-17-7-8-18(25)19(26)13-17/h4,7-9,12-13,16H,3,5-6,10-11H2,1-2H3,(H,27,32)(H,28,33). The minimum absolute atomic E-state index is 0.175. The van der Waals surface area contributed by atoms with Gasteiger partial charge in [0.25, 0.3) is 11.8 Å². The summed E-state index contributed by atoms with van der Waals surface area (Å²) in [6, 6.07) is 10.2. The third-order valence-corrected chi connectivity index (χ3v) is 6.05. The molecular weight excluding hydrogens is 493 g/mol. The molecule has 184 valence electrons. The molecule has 1 saturated carbocycles. The van der Waals surface area contributed by atoms with Gasteiger partial charge in [0, 0.05) is 24.2 Å². The summed E-state index contributed by atoms with van der Waals surface area (Å²) in [4.78, 5) is 24.9. The maximum atomic E-state index is 12.5. The molecular formula is C24H25Cl2N5O4. The number of carbonyl (C=O) groups is 2. The van der Waals surface area contributed by atoms with Crippen LogP contribution in [0.25, 0.3) is 5.69 Å². The largest absolute Gasteiger partial charge is 0.490 e. The predicted molar refractivity (Wildman–Crippen MR) is 132 cm³/mol. The Balaban J connectivity index is 1.53. The SMILES string of the molecule is CCNC(=O)c1ccc(-n2nnc(C(=O)NC3CC3)c2C)c(OCCOc2ccc(Cl)c(Cl)c2)c1. The number of halogens is 2. The van der Waals surface area contributed by atoms with Gasteiger partial charge in [0.1, 0.15) is 30.4 Å². The highest BCUT2D eigenvalue weighted by molar-refractivity contribution is 6.42. The Morgan fingerprint density at radius 1 is 1.06 bits per heavy atom. The van der Waals surface area contributed by atoms with Gasteiger partial charge in [0.15, 0.2) is 5.69 Å². The van der Waals surface area contributed by atoms with E-state index in [1.165, 1.54) is 4.68 Å². The molecule has 0 aliphatic heterocycles. The van der Waals surface area contributed by atoms with Crippen LogP contribution in [0.5, 0.6) is 11.5 Å². The van der Waals surface area contributed by atoms with Gasteiger partial charge in [-0.15, -0.1) is 5.10 Å². The Morgan fingerprint density at radius 3 is 2.54 bits per heavy atom. The fourth-order valence-electron chi connectivity index (χ4n) is 3.34. The number of nitrogens with zero attached hydrogens (tertiary/aromatic N) is 3. The first-order valence-corrected chi connectivity index (χ1v) is 12.0. The quantitative estimate of drug-likeness (QED) is 0.393. The first-order chi connectivity index (χ1) is 16.9. The lowest BCUT2D eigenvalue weighted by Crippen LogP contribution is -2.26. The Hall–Kier alpha value is -3.30. The van der Waals surface area contributed by atoms with E-state index in [0.29, 0.717) is 45.0 Å². The van der Waals surface area contributed by atoms with Crippen molar-refractivity contribution in [1.82, 2.24) is 25.6 Å². The highest BCUT2D eigenvalue weighted by atomic mass is 35.5. The van der Waals surface area contributed by atoms with Crippen molar-refractivity contribution in [3.05, 3.63) is 63.4 Å². The van der Waals surface area contributed by atoms with E-state index in [9.17, 15) is 9.59 Å². The molecule has 1 aliphatic carbocycles. The monoisotopic (exact) mass is 517 g/mol. The van der Waals surface area contributed by atoms with Crippen LogP contribution in [0.4, 0.5) is 0 Å². The Kier molecular flexibility index (Phi) is 7.77. The van der Waals surface area contributed by atoms with Crippen molar-refractivity contribution < 1.29 is 19.1 Å². The van der Waals surface area contributed by atoms with Gasteiger partial charge in [-0.25, -0.2) is 4.68 Å². The first-order valence-electron chi connectivity index (χ1n) is 11.2. The molecule has 0 atom stereocenters. The zero-order valence-electron chi connectivity index (χ0n) is 19.3. The second-order valence-corrected chi connectivity index (χ2v) is 8.81. The van der Waals surface area contributed by atoms with Crippen LogP contribution in [-0.2, 0) is 0 Å². The maximum absolute atomic E-state index is 12.5. The van der Waals surface area contributed by atoms with E-state index in [0.717, 1.165) is 12.8 Å². The van der Waals surface area contributed by atoms with E-state index in [1.54, 1.807) is 43.3 Å². The second-order valence-electron chi connectivity index (χ2n) is 8.00. The Labute approximate surface area is 212 Å². The molecule has 1 heterocycles. The van der Waals surface area contributed by atoms with E-state index < -0.39 is 0 Å². The van der Waals surface area contributed by atoms with Crippen LogP contribution >= 0.6 is 23.2 Å². The molecule has 0 saturated heterocycles. The smallest absolute Gasteiger partial charge is 0.273 e. The molecule has 0 unspecified atom stereocenters. The molecule has 1 aliphatic rings. The fraction of sp³-hybridized carbons (Fsp3) is 0.333. The topological polar surface area (TPSA) is 107 Å². The summed E-state index contributed by atoms with van der Waals surface area (Å²) < 4.78 is 13.2. The average molecular weight is 518 g/mol. The Bertz CT molecular complexity index is 1240. The summed E-state index contributed by atoms with van der Waals surface area (Å²) >= 11 is 12.0. The lowest BCUT2D eigenvalue weighted by Gasteiger charge is -2.14. The zero-order valence-corrected chi connectivity index (χ0v) is 20.8. The number of nitrogens with one attached hydrogen (secondary N) is 2. The summed E-state index contributed by atoms with van der Waals surface area (Å²) in [6.45, 7) is 4.49. The first kappa shape index (κ1) is 24.8. The van der Waals surface area contributed by atoms with Crippen LogP contribution in [0.3, 0.4) is 0 Å². The third-order valence-electron chi connectivity index (χ3n) is 5.31. The van der Waals surface area contributed by atoms with E-state index in [4.69, 9.17) is 32.7 Å². The lowest BCUT2D eigenvalue weighted by atomic mass is 10.1. The van der Waals surface area contributed by atoms with E-state index >= 15 is 0 Å². The zero-order chi connectivity index (χ0) is 24.9. The molecule has 2 N–H and O–H groups in total. The van der Waals surface area contributed by atoms with Crippen molar-refractivity contribution in [3.63, 3.8) is 0 Å². The molecule has 4 rings (SSSR count). The summed E-state index contributed by atoms with van der Waals surface area (Å²) in [5.41, 5.74) is 1.79. The van der Waals surface area contributed by atoms with Gasteiger partial charge >= 0.3 is 0 Å². The molecule has 9 nitrogen and oxygen atoms in total. The van der Waals surface area contributed by atoms with Gasteiger partial charge in [0.2, 0.25) is 0 Å². The van der Waals surface area contributed by atoms with Crippen molar-refractivity contribution in [1.29, 1.82) is 0 Å². The number of aromatic nitrogens is 3. The summed E-state index contributed by atoms with van der Waals surface area (Å²) in [7, 11) is 0. The van der Waals surface area contributed by atoms with Crippen LogP contribution in [0, 0.1) is 6.92 Å². The average Bonchev–Trinajstić information content (AvgIpc) is 3.57. The van der Waals surface area contributed by atoms with Gasteiger partial charge in [-0.2, -0.15) is 0 Å². The van der Waals surface area contributed by atoms with Crippen molar-refractivity contribution in [2.45, 2.75) is 32.7 Å². The number of amides is 2. The molecule has 1 aromatic heterocycles. The lowest BCUT2D eigenvalue weighted by molar-refractivity contribution is 0.0940. The van der Waals surface area contributed by atoms with Crippen LogP contribution < -0.4 is 20.1 Å². The van der Waals surface area contributed by atoms with Gasteiger partial charge in [-0.05, 0) is 57.0 Å². The minimum Gasteiger partial charge on any atom is -0.490 e. The molecule has 2 aromatic carbocycles. The fourth-order valence-corrected chi connectivity index (χ4v) is 3.62. The molecule has 35 heavy (non-hydrogen) atoms. The maximum Gasteiger partial charge on any atom is 0.273 e. The van der Waals surface area contributed by atoms with Gasteiger partial charge in [-0.1, -0.05) is 28.4 Å². The molecule has 0 radical (unpaired) electrons. The third kappa shape index (κ3) is 6.04. The van der Waals surface area contributed by atoms with E-state index in [1.807, 2.05) is 6.92 Å². The van der Waals surface area contributed by atoms with E-state index in [-0.39, 0.29) is 36.8 Å². The van der Waals surface area contributed by atoms with Crippen molar-refractivity contribution in [2.24, 2.45) is 0 Å². The normalized spacial score (nSPS) is 12.8. The summed E-state index contributed by atoms with van der Waals surface area (Å²) in [5, 5.41) is 14.8. The Morgan fingerprint density at radius 2 is 1.83 bits per heavy atom. The molecule has 2 amide bonds. The van der Waals surface area contributed by atoms with Gasteiger partial charge in [0.05, 0.1) is 15.7 Å². The van der Waals surface area contributed by atoms with Gasteiger partial charge in [-0.3, -0.25) is 9.59 Å².